The Balaban J connectivity index is 3.49. The van der Waals surface area contributed by atoms with Crippen LogP contribution in [0.5, 0.6) is 5.75 Å². The van der Waals surface area contributed by atoms with E-state index in [9.17, 15) is 26.3 Å². The van der Waals surface area contributed by atoms with Gasteiger partial charge in [0.2, 0.25) is 5.82 Å². The van der Waals surface area contributed by atoms with Crippen LogP contribution in [0.25, 0.3) is 0 Å². The van der Waals surface area contributed by atoms with E-state index < -0.39 is 34.9 Å². The molecular formula is C7H2F6O. The highest BCUT2D eigenvalue weighted by molar-refractivity contribution is 5.33. The van der Waals surface area contributed by atoms with Crippen molar-refractivity contribution in [1.82, 2.24) is 0 Å². The molecule has 0 amide bonds. The molecule has 0 saturated carbocycles. The van der Waals surface area contributed by atoms with E-state index in [2.05, 4.69) is 0 Å². The molecule has 1 aromatic rings. The number of aromatic hydroxyl groups is 1. The first-order valence-corrected chi connectivity index (χ1v) is 3.18. The highest BCUT2D eigenvalue weighted by Crippen LogP contribution is 2.35. The maximum atomic E-state index is 12.5. The Morgan fingerprint density at radius 1 is 0.929 bits per heavy atom. The molecule has 0 aliphatic heterocycles. The zero-order valence-electron chi connectivity index (χ0n) is 6.29. The van der Waals surface area contributed by atoms with Gasteiger partial charge in [-0.25, -0.2) is 8.78 Å². The van der Waals surface area contributed by atoms with Gasteiger partial charge in [-0.1, -0.05) is 0 Å². The Kier molecular flexibility index (Phi) is 2.34. The smallest absolute Gasteiger partial charge is 0.419 e. The Hall–Kier alpha value is -1.40. The highest BCUT2D eigenvalue weighted by Gasteiger charge is 2.37. The van der Waals surface area contributed by atoms with E-state index in [0.717, 1.165) is 0 Å². The lowest BCUT2D eigenvalue weighted by Crippen LogP contribution is -2.10. The van der Waals surface area contributed by atoms with Crippen LogP contribution in [0.4, 0.5) is 26.3 Å². The highest BCUT2D eigenvalue weighted by atomic mass is 19.4. The number of hydrogen-bond donors (Lipinski definition) is 1. The summed E-state index contributed by atoms with van der Waals surface area (Å²) < 4.78 is 72.9. The molecule has 0 aliphatic carbocycles. The Bertz CT molecular complexity index is 369. The van der Waals surface area contributed by atoms with Crippen molar-refractivity contribution in [2.45, 2.75) is 6.18 Å². The maximum absolute atomic E-state index is 12.5. The maximum Gasteiger partial charge on any atom is 0.419 e. The predicted molar refractivity (Wildman–Crippen MR) is 33.0 cm³/mol. The molecule has 14 heavy (non-hydrogen) atoms. The minimum atomic E-state index is -5.18. The van der Waals surface area contributed by atoms with Crippen molar-refractivity contribution in [3.05, 3.63) is 29.1 Å². The van der Waals surface area contributed by atoms with Crippen LogP contribution in [-0.4, -0.2) is 5.11 Å². The van der Waals surface area contributed by atoms with E-state index in [1.165, 1.54) is 0 Å². The summed E-state index contributed by atoms with van der Waals surface area (Å²) >= 11 is 0. The minimum absolute atomic E-state index is 0.215. The lowest BCUT2D eigenvalue weighted by molar-refractivity contribution is -0.140. The minimum Gasteiger partial charge on any atom is -0.505 e. The molecule has 78 valence electrons. The van der Waals surface area contributed by atoms with Gasteiger partial charge in [-0.3, -0.25) is 0 Å². The summed E-state index contributed by atoms with van der Waals surface area (Å²) in [6.07, 6.45) is -5.18. The van der Waals surface area contributed by atoms with E-state index in [4.69, 9.17) is 5.11 Å². The fourth-order valence-electron chi connectivity index (χ4n) is 0.797. The Morgan fingerprint density at radius 3 is 1.86 bits per heavy atom. The van der Waals surface area contributed by atoms with Gasteiger partial charge in [0.05, 0.1) is 5.56 Å². The molecule has 0 bridgehead atoms. The van der Waals surface area contributed by atoms with Gasteiger partial charge in [0, 0.05) is 0 Å². The monoisotopic (exact) mass is 216 g/mol. The van der Waals surface area contributed by atoms with E-state index in [-0.39, 0.29) is 6.07 Å². The van der Waals surface area contributed by atoms with Crippen molar-refractivity contribution in [2.24, 2.45) is 0 Å². The molecule has 7 heteroatoms. The van der Waals surface area contributed by atoms with Crippen molar-refractivity contribution in [3.8, 4) is 5.75 Å². The van der Waals surface area contributed by atoms with Gasteiger partial charge in [-0.05, 0) is 6.07 Å². The van der Waals surface area contributed by atoms with E-state index in [1.807, 2.05) is 0 Å². The summed E-state index contributed by atoms with van der Waals surface area (Å²) in [5.74, 6) is -8.35. The number of rotatable bonds is 0. The fraction of sp³-hybridized carbons (Fsp3) is 0.143. The third kappa shape index (κ3) is 1.61. The average molecular weight is 216 g/mol. The van der Waals surface area contributed by atoms with Gasteiger partial charge in [0.15, 0.2) is 17.4 Å². The van der Waals surface area contributed by atoms with Crippen LogP contribution in [0.1, 0.15) is 5.56 Å². The van der Waals surface area contributed by atoms with Gasteiger partial charge in [0.25, 0.3) is 0 Å². The standard InChI is InChI=1S/C7H2F6O/c8-4-2(7(11,12)13)1-3(14)5(9)6(4)10/h1,14H. The zero-order valence-corrected chi connectivity index (χ0v) is 6.29. The Morgan fingerprint density at radius 2 is 1.43 bits per heavy atom. The van der Waals surface area contributed by atoms with Crippen LogP contribution in [0, 0.1) is 17.5 Å². The number of benzene rings is 1. The molecule has 0 radical (unpaired) electrons. The topological polar surface area (TPSA) is 20.2 Å². The molecule has 0 atom stereocenters. The van der Waals surface area contributed by atoms with Crippen molar-refractivity contribution >= 4 is 0 Å². The van der Waals surface area contributed by atoms with E-state index in [0.29, 0.717) is 0 Å². The molecule has 1 nitrogen and oxygen atoms in total. The van der Waals surface area contributed by atoms with Crippen molar-refractivity contribution in [3.63, 3.8) is 0 Å². The van der Waals surface area contributed by atoms with Crippen LogP contribution >= 0.6 is 0 Å². The van der Waals surface area contributed by atoms with Gasteiger partial charge in [0.1, 0.15) is 0 Å². The summed E-state index contributed by atoms with van der Waals surface area (Å²) in [7, 11) is 0. The molecule has 0 fully saturated rings. The lowest BCUT2D eigenvalue weighted by Gasteiger charge is -2.09. The predicted octanol–water partition coefficient (Wildman–Crippen LogP) is 2.83. The van der Waals surface area contributed by atoms with Crippen LogP contribution in [0.2, 0.25) is 0 Å². The lowest BCUT2D eigenvalue weighted by atomic mass is 10.2. The normalized spacial score (nSPS) is 11.9. The van der Waals surface area contributed by atoms with Crippen molar-refractivity contribution < 1.29 is 31.4 Å². The van der Waals surface area contributed by atoms with Crippen LogP contribution < -0.4 is 0 Å². The molecular weight excluding hydrogens is 214 g/mol. The van der Waals surface area contributed by atoms with E-state index >= 15 is 0 Å². The molecule has 0 unspecified atom stereocenters. The molecule has 0 aromatic heterocycles. The first-order chi connectivity index (χ1) is 6.25. The second kappa shape index (κ2) is 3.07. The van der Waals surface area contributed by atoms with Crippen LogP contribution in [-0.2, 0) is 6.18 Å². The van der Waals surface area contributed by atoms with Crippen molar-refractivity contribution in [1.29, 1.82) is 0 Å². The average Bonchev–Trinajstić information content (AvgIpc) is 2.06. The SMILES string of the molecule is Oc1cc(C(F)(F)F)c(F)c(F)c1F. The van der Waals surface area contributed by atoms with Gasteiger partial charge in [-0.15, -0.1) is 0 Å². The largest absolute Gasteiger partial charge is 0.505 e. The summed E-state index contributed by atoms with van der Waals surface area (Å²) in [5, 5.41) is 8.49. The quantitative estimate of drug-likeness (QED) is 0.522. The Labute approximate surface area is 73.6 Å². The summed E-state index contributed by atoms with van der Waals surface area (Å²) in [6, 6.07) is -0.215. The summed E-state index contributed by atoms with van der Waals surface area (Å²) in [5.41, 5.74) is -2.05. The number of hydrogen-bond acceptors (Lipinski definition) is 1. The number of phenolic OH excluding ortho intramolecular Hbond substituents is 1. The summed E-state index contributed by atoms with van der Waals surface area (Å²) in [6.45, 7) is 0. The van der Waals surface area contributed by atoms with Crippen LogP contribution in [0.3, 0.4) is 0 Å². The third-order valence-corrected chi connectivity index (χ3v) is 1.43. The zero-order chi connectivity index (χ0) is 11.1. The third-order valence-electron chi connectivity index (χ3n) is 1.43. The van der Waals surface area contributed by atoms with Gasteiger partial charge < -0.3 is 5.11 Å². The second-order valence-electron chi connectivity index (χ2n) is 2.38. The molecule has 0 aliphatic rings. The molecule has 1 rings (SSSR count). The van der Waals surface area contributed by atoms with Gasteiger partial charge in [-0.2, -0.15) is 17.6 Å². The first-order valence-electron chi connectivity index (χ1n) is 3.18. The number of alkyl halides is 3. The van der Waals surface area contributed by atoms with E-state index in [1.54, 1.807) is 0 Å². The molecule has 1 N–H and O–H groups in total. The van der Waals surface area contributed by atoms with Gasteiger partial charge >= 0.3 is 6.18 Å². The molecule has 0 saturated heterocycles. The summed E-state index contributed by atoms with van der Waals surface area (Å²) in [4.78, 5) is 0. The first kappa shape index (κ1) is 10.7. The molecule has 1 aromatic carbocycles. The second-order valence-corrected chi connectivity index (χ2v) is 2.38. The molecule has 0 heterocycles. The van der Waals surface area contributed by atoms with Crippen molar-refractivity contribution in [2.75, 3.05) is 0 Å². The fourth-order valence-corrected chi connectivity index (χ4v) is 0.797. The number of phenols is 1. The number of halogens is 6. The van der Waals surface area contributed by atoms with Crippen LogP contribution in [0.15, 0.2) is 6.07 Å². The molecule has 0 spiro atoms.